The lowest BCUT2D eigenvalue weighted by Crippen LogP contribution is -2.25. The van der Waals surface area contributed by atoms with Crippen molar-refractivity contribution in [2.24, 2.45) is 5.41 Å². The quantitative estimate of drug-likeness (QED) is 0.777. The molecule has 0 bridgehead atoms. The molecule has 0 fully saturated rings. The first kappa shape index (κ1) is 15.4. The molecule has 3 nitrogen and oxygen atoms in total. The van der Waals surface area contributed by atoms with Crippen LogP contribution >= 0.6 is 0 Å². The molecule has 1 unspecified atom stereocenters. The zero-order chi connectivity index (χ0) is 15.9. The van der Waals surface area contributed by atoms with Crippen LogP contribution in [0.1, 0.15) is 59.8 Å². The summed E-state index contributed by atoms with van der Waals surface area (Å²) in [5, 5.41) is 0. The van der Waals surface area contributed by atoms with Gasteiger partial charge in [0.05, 0.1) is 6.61 Å². The number of rotatable bonds is 3. The maximum atomic E-state index is 12.0. The molecule has 3 heteroatoms. The molecule has 0 radical (unpaired) electrons. The van der Waals surface area contributed by atoms with Gasteiger partial charge in [-0.1, -0.05) is 19.4 Å². The van der Waals surface area contributed by atoms with Gasteiger partial charge >= 0.3 is 0 Å². The second kappa shape index (κ2) is 5.60. The van der Waals surface area contributed by atoms with Crippen LogP contribution in [0.3, 0.4) is 0 Å². The van der Waals surface area contributed by atoms with Gasteiger partial charge in [-0.2, -0.15) is 0 Å². The Bertz CT molecular complexity index is 597. The highest BCUT2D eigenvalue weighted by Crippen LogP contribution is 2.53. The van der Waals surface area contributed by atoms with Crippen molar-refractivity contribution in [2.45, 2.75) is 59.8 Å². The summed E-state index contributed by atoms with van der Waals surface area (Å²) >= 11 is 0. The van der Waals surface area contributed by atoms with Gasteiger partial charge in [-0.15, -0.1) is 0 Å². The van der Waals surface area contributed by atoms with Crippen LogP contribution < -0.4 is 0 Å². The van der Waals surface area contributed by atoms with Gasteiger partial charge < -0.3 is 9.64 Å². The van der Waals surface area contributed by atoms with Crippen molar-refractivity contribution in [1.82, 2.24) is 4.90 Å². The highest BCUT2D eigenvalue weighted by atomic mass is 16.5. The molecule has 0 saturated heterocycles. The molecule has 1 heterocycles. The zero-order valence-corrected chi connectivity index (χ0v) is 14.3. The van der Waals surface area contributed by atoms with Crippen molar-refractivity contribution >= 4 is 5.91 Å². The Morgan fingerprint density at radius 2 is 2.05 bits per heavy atom. The highest BCUT2D eigenvalue weighted by molar-refractivity contribution is 5.77. The normalized spacial score (nSPS) is 27.6. The van der Waals surface area contributed by atoms with E-state index in [1.165, 1.54) is 24.0 Å². The first-order valence-corrected chi connectivity index (χ1v) is 8.62. The lowest BCUT2D eigenvalue weighted by molar-refractivity contribution is -0.126. The first-order chi connectivity index (χ1) is 10.5. The van der Waals surface area contributed by atoms with E-state index in [4.69, 9.17) is 4.74 Å². The molecule has 0 N–H and O–H groups in total. The predicted molar refractivity (Wildman–Crippen MR) is 88.0 cm³/mol. The molecule has 22 heavy (non-hydrogen) atoms. The standard InChI is InChI=1S/C19H27NO2/c1-5-19(4)15-9-7-8-14(15)18(22-6-2)12-17-16(19)10-11-20(17)13(3)21/h12H,5-11H2,1-4H3. The SMILES string of the molecule is CCOC1=CC2=C(CCN2C(C)=O)C(C)(CC)C2=C1CCC2. The van der Waals surface area contributed by atoms with Gasteiger partial charge in [-0.3, -0.25) is 4.79 Å². The van der Waals surface area contributed by atoms with E-state index in [0.717, 1.165) is 37.3 Å². The summed E-state index contributed by atoms with van der Waals surface area (Å²) in [6.45, 7) is 9.83. The molecule has 0 aromatic heterocycles. The van der Waals surface area contributed by atoms with Crippen molar-refractivity contribution in [3.63, 3.8) is 0 Å². The Morgan fingerprint density at radius 3 is 2.68 bits per heavy atom. The maximum Gasteiger partial charge on any atom is 0.223 e. The summed E-state index contributed by atoms with van der Waals surface area (Å²) in [7, 11) is 0. The topological polar surface area (TPSA) is 29.5 Å². The summed E-state index contributed by atoms with van der Waals surface area (Å²) in [6, 6.07) is 0. The van der Waals surface area contributed by atoms with E-state index in [0.29, 0.717) is 6.61 Å². The molecule has 1 amide bonds. The third kappa shape index (κ3) is 2.13. The van der Waals surface area contributed by atoms with E-state index in [1.807, 2.05) is 11.8 Å². The molecular formula is C19H27NO2. The van der Waals surface area contributed by atoms with Crippen LogP contribution in [0.15, 0.2) is 34.3 Å². The molecule has 0 aromatic carbocycles. The van der Waals surface area contributed by atoms with Gasteiger partial charge in [0.15, 0.2) is 0 Å². The summed E-state index contributed by atoms with van der Waals surface area (Å²) in [5.74, 6) is 1.14. The first-order valence-electron chi connectivity index (χ1n) is 8.62. The minimum absolute atomic E-state index is 0.0840. The van der Waals surface area contributed by atoms with Crippen molar-refractivity contribution in [1.29, 1.82) is 0 Å². The van der Waals surface area contributed by atoms with Gasteiger partial charge in [0.25, 0.3) is 0 Å². The average Bonchev–Trinajstić information content (AvgIpc) is 3.11. The van der Waals surface area contributed by atoms with Gasteiger partial charge in [0, 0.05) is 30.7 Å². The lowest BCUT2D eigenvalue weighted by Gasteiger charge is -2.33. The van der Waals surface area contributed by atoms with Gasteiger partial charge in [0.1, 0.15) is 5.76 Å². The molecular weight excluding hydrogens is 274 g/mol. The number of hydrogen-bond donors (Lipinski definition) is 0. The number of nitrogens with zero attached hydrogens (tertiary/aromatic N) is 1. The molecule has 0 saturated carbocycles. The largest absolute Gasteiger partial charge is 0.494 e. The summed E-state index contributed by atoms with van der Waals surface area (Å²) < 4.78 is 5.98. The van der Waals surface area contributed by atoms with E-state index >= 15 is 0 Å². The number of hydrogen-bond acceptors (Lipinski definition) is 2. The van der Waals surface area contributed by atoms with Gasteiger partial charge in [-0.25, -0.2) is 0 Å². The Labute approximate surface area is 133 Å². The monoisotopic (exact) mass is 301 g/mol. The highest BCUT2D eigenvalue weighted by Gasteiger charge is 2.43. The molecule has 120 valence electrons. The fourth-order valence-electron chi connectivity index (χ4n) is 4.41. The van der Waals surface area contributed by atoms with Gasteiger partial charge in [0.2, 0.25) is 5.91 Å². The third-order valence-corrected chi connectivity index (χ3v) is 5.69. The van der Waals surface area contributed by atoms with Crippen molar-refractivity contribution in [3.8, 4) is 0 Å². The number of ether oxygens (including phenoxy) is 1. The number of carbonyl (C=O) groups excluding carboxylic acids is 1. The smallest absolute Gasteiger partial charge is 0.223 e. The predicted octanol–water partition coefficient (Wildman–Crippen LogP) is 4.32. The van der Waals surface area contributed by atoms with Crippen LogP contribution in [0.25, 0.3) is 0 Å². The van der Waals surface area contributed by atoms with E-state index in [-0.39, 0.29) is 11.3 Å². The van der Waals surface area contributed by atoms with Crippen molar-refractivity contribution < 1.29 is 9.53 Å². The Hall–Kier alpha value is -1.51. The molecule has 1 atom stereocenters. The second-order valence-corrected chi connectivity index (χ2v) is 6.72. The third-order valence-electron chi connectivity index (χ3n) is 5.69. The van der Waals surface area contributed by atoms with Crippen LogP contribution in [0.5, 0.6) is 0 Å². The number of carbonyl (C=O) groups is 1. The van der Waals surface area contributed by atoms with Gasteiger partial charge in [-0.05, 0) is 50.2 Å². The molecule has 0 aromatic rings. The maximum absolute atomic E-state index is 12.0. The fourth-order valence-corrected chi connectivity index (χ4v) is 4.41. The molecule has 3 rings (SSSR count). The van der Waals surface area contributed by atoms with Crippen molar-refractivity contribution in [2.75, 3.05) is 13.2 Å². The number of allylic oxidation sites excluding steroid dienone is 3. The van der Waals surface area contributed by atoms with Crippen LogP contribution in [0, 0.1) is 5.41 Å². The van der Waals surface area contributed by atoms with Crippen LogP contribution in [0.4, 0.5) is 0 Å². The second-order valence-electron chi connectivity index (χ2n) is 6.72. The summed E-state index contributed by atoms with van der Waals surface area (Å²) in [4.78, 5) is 14.0. The molecule has 1 aliphatic heterocycles. The van der Waals surface area contributed by atoms with E-state index in [1.54, 1.807) is 12.5 Å². The fraction of sp³-hybridized carbons (Fsp3) is 0.632. The van der Waals surface area contributed by atoms with E-state index in [2.05, 4.69) is 19.9 Å². The van der Waals surface area contributed by atoms with E-state index < -0.39 is 0 Å². The van der Waals surface area contributed by atoms with Crippen LogP contribution in [0.2, 0.25) is 0 Å². The van der Waals surface area contributed by atoms with Crippen LogP contribution in [-0.2, 0) is 9.53 Å². The zero-order valence-electron chi connectivity index (χ0n) is 14.3. The Balaban J connectivity index is 2.19. The summed E-state index contributed by atoms with van der Waals surface area (Å²) in [6.07, 6.45) is 7.73. The van der Waals surface area contributed by atoms with E-state index in [9.17, 15) is 4.79 Å². The molecule has 3 aliphatic rings. The van der Waals surface area contributed by atoms with Crippen LogP contribution in [-0.4, -0.2) is 24.0 Å². The summed E-state index contributed by atoms with van der Waals surface area (Å²) in [5.41, 5.74) is 5.60. The minimum Gasteiger partial charge on any atom is -0.494 e. The molecule has 2 aliphatic carbocycles. The Kier molecular flexibility index (Phi) is 3.92. The average molecular weight is 301 g/mol. The molecule has 0 spiro atoms. The lowest BCUT2D eigenvalue weighted by atomic mass is 9.71. The number of amides is 1. The van der Waals surface area contributed by atoms with Crippen molar-refractivity contribution in [3.05, 3.63) is 34.3 Å². The minimum atomic E-state index is 0.0840. The Morgan fingerprint density at radius 1 is 1.27 bits per heavy atom.